The average molecular weight is 406 g/mol. The van der Waals surface area contributed by atoms with Crippen molar-refractivity contribution in [1.82, 2.24) is 14.9 Å². The zero-order valence-electron chi connectivity index (χ0n) is 15.0. The molecular weight excluding hydrogens is 390 g/mol. The van der Waals surface area contributed by atoms with Gasteiger partial charge >= 0.3 is 0 Å². The Labute approximate surface area is 168 Å². The van der Waals surface area contributed by atoms with E-state index in [9.17, 15) is 4.79 Å². The Bertz CT molecular complexity index is 1240. The molecule has 1 amide bonds. The number of carbonyl (C=O) groups is 1. The van der Waals surface area contributed by atoms with Crippen LogP contribution in [0, 0.1) is 0 Å². The van der Waals surface area contributed by atoms with Gasteiger partial charge in [0.25, 0.3) is 5.91 Å². The maximum atomic E-state index is 12.8. The summed E-state index contributed by atoms with van der Waals surface area (Å²) in [5, 5.41) is 1.67. The molecule has 0 fully saturated rings. The van der Waals surface area contributed by atoms with Crippen LogP contribution in [0.3, 0.4) is 0 Å². The van der Waals surface area contributed by atoms with Crippen molar-refractivity contribution in [2.75, 3.05) is 7.05 Å². The quantitative estimate of drug-likeness (QED) is 0.400. The summed E-state index contributed by atoms with van der Waals surface area (Å²) in [6.45, 7) is 0.440. The number of rotatable bonds is 4. The fourth-order valence-electron chi connectivity index (χ4n) is 3.00. The van der Waals surface area contributed by atoms with E-state index >= 15 is 0 Å². The van der Waals surface area contributed by atoms with Gasteiger partial charge in [0, 0.05) is 7.05 Å². The molecule has 5 rings (SSSR count). The highest BCUT2D eigenvalue weighted by Gasteiger charge is 2.19. The lowest BCUT2D eigenvalue weighted by Gasteiger charge is -2.13. The van der Waals surface area contributed by atoms with Gasteiger partial charge in [-0.1, -0.05) is 24.3 Å². The van der Waals surface area contributed by atoms with Crippen LogP contribution >= 0.6 is 22.7 Å². The molecule has 2 aromatic carbocycles. The summed E-state index contributed by atoms with van der Waals surface area (Å²) in [5.41, 5.74) is 1.89. The molecule has 138 valence electrons. The minimum atomic E-state index is -0.174. The van der Waals surface area contributed by atoms with Crippen molar-refractivity contribution in [3.05, 3.63) is 71.4 Å². The summed E-state index contributed by atoms with van der Waals surface area (Å²) in [7, 11) is 1.76. The fourth-order valence-corrected chi connectivity index (χ4v) is 4.94. The highest BCUT2D eigenvalue weighted by molar-refractivity contribution is 7.21. The molecule has 5 aromatic rings. The monoisotopic (exact) mass is 405 g/mol. The molecule has 0 bridgehead atoms. The second kappa shape index (κ2) is 6.85. The van der Waals surface area contributed by atoms with E-state index in [1.54, 1.807) is 46.8 Å². The lowest BCUT2D eigenvalue weighted by atomic mass is 10.3. The Morgan fingerprint density at radius 1 is 0.929 bits per heavy atom. The third-order valence-electron chi connectivity index (χ3n) is 4.38. The SMILES string of the molecule is CN(Cc1nc2ccccc2s1)C(=O)c1ccc(-c2nc3ccccc3s2)o1. The molecule has 0 saturated carbocycles. The number of furan rings is 1. The molecule has 5 nitrogen and oxygen atoms in total. The van der Waals surface area contributed by atoms with E-state index < -0.39 is 0 Å². The van der Waals surface area contributed by atoms with E-state index in [0.29, 0.717) is 18.1 Å². The van der Waals surface area contributed by atoms with Gasteiger partial charge < -0.3 is 9.32 Å². The summed E-state index contributed by atoms with van der Waals surface area (Å²) in [6.07, 6.45) is 0. The first kappa shape index (κ1) is 17.1. The molecule has 0 aliphatic heterocycles. The molecule has 0 aliphatic rings. The first-order valence-electron chi connectivity index (χ1n) is 8.73. The van der Waals surface area contributed by atoms with Gasteiger partial charge in [-0.2, -0.15) is 0 Å². The number of para-hydroxylation sites is 2. The van der Waals surface area contributed by atoms with Crippen molar-refractivity contribution >= 4 is 49.0 Å². The molecule has 0 atom stereocenters. The first-order chi connectivity index (χ1) is 13.7. The third-order valence-corrected chi connectivity index (χ3v) is 6.45. The van der Waals surface area contributed by atoms with Crippen molar-refractivity contribution in [1.29, 1.82) is 0 Å². The van der Waals surface area contributed by atoms with Gasteiger partial charge in [-0.15, -0.1) is 22.7 Å². The number of hydrogen-bond acceptors (Lipinski definition) is 6. The molecule has 28 heavy (non-hydrogen) atoms. The minimum Gasteiger partial charge on any atom is -0.448 e. The molecule has 3 heterocycles. The first-order valence-corrected chi connectivity index (χ1v) is 10.4. The van der Waals surface area contributed by atoms with Crippen molar-refractivity contribution < 1.29 is 9.21 Å². The Kier molecular flexibility index (Phi) is 4.18. The van der Waals surface area contributed by atoms with Crippen LogP contribution in [0.1, 0.15) is 15.6 Å². The van der Waals surface area contributed by atoms with E-state index in [1.807, 2.05) is 48.5 Å². The molecule has 0 unspecified atom stereocenters. The zero-order chi connectivity index (χ0) is 19.1. The molecule has 0 N–H and O–H groups in total. The van der Waals surface area contributed by atoms with E-state index in [2.05, 4.69) is 9.97 Å². The second-order valence-electron chi connectivity index (χ2n) is 6.39. The molecule has 7 heteroatoms. The molecule has 0 spiro atoms. The van der Waals surface area contributed by atoms with Gasteiger partial charge in [0.15, 0.2) is 16.5 Å². The molecular formula is C21H15N3O2S2. The van der Waals surface area contributed by atoms with Crippen LogP contribution in [0.5, 0.6) is 0 Å². The molecule has 3 aromatic heterocycles. The number of nitrogens with zero attached hydrogens (tertiary/aromatic N) is 3. The Balaban J connectivity index is 1.36. The highest BCUT2D eigenvalue weighted by Crippen LogP contribution is 2.31. The van der Waals surface area contributed by atoms with Crippen LogP contribution in [-0.4, -0.2) is 27.8 Å². The Hall–Kier alpha value is -3.03. The van der Waals surface area contributed by atoms with Gasteiger partial charge in [-0.25, -0.2) is 9.97 Å². The van der Waals surface area contributed by atoms with E-state index in [4.69, 9.17) is 4.42 Å². The molecule has 0 saturated heterocycles. The van der Waals surface area contributed by atoms with Gasteiger partial charge in [-0.3, -0.25) is 4.79 Å². The zero-order valence-corrected chi connectivity index (χ0v) is 16.6. The maximum absolute atomic E-state index is 12.8. The topological polar surface area (TPSA) is 59.2 Å². The van der Waals surface area contributed by atoms with Gasteiger partial charge in [0.1, 0.15) is 5.01 Å². The van der Waals surface area contributed by atoms with E-state index in [1.165, 1.54) is 0 Å². The van der Waals surface area contributed by atoms with Gasteiger partial charge in [0.05, 0.1) is 27.0 Å². The van der Waals surface area contributed by atoms with Crippen LogP contribution in [-0.2, 0) is 6.54 Å². The van der Waals surface area contributed by atoms with Crippen LogP contribution in [0.4, 0.5) is 0 Å². The Morgan fingerprint density at radius 3 is 2.32 bits per heavy atom. The van der Waals surface area contributed by atoms with Crippen molar-refractivity contribution in [3.8, 4) is 10.8 Å². The van der Waals surface area contributed by atoms with Crippen LogP contribution in [0.25, 0.3) is 31.2 Å². The van der Waals surface area contributed by atoms with Crippen LogP contribution in [0.2, 0.25) is 0 Å². The third kappa shape index (κ3) is 3.08. The maximum Gasteiger partial charge on any atom is 0.289 e. The summed E-state index contributed by atoms with van der Waals surface area (Å²) < 4.78 is 8.03. The summed E-state index contributed by atoms with van der Waals surface area (Å²) >= 11 is 3.15. The molecule has 0 radical (unpaired) electrons. The predicted molar refractivity (Wildman–Crippen MR) is 113 cm³/mol. The number of carbonyl (C=O) groups excluding carboxylic acids is 1. The lowest BCUT2D eigenvalue weighted by Crippen LogP contribution is -2.25. The minimum absolute atomic E-state index is 0.174. The van der Waals surface area contributed by atoms with E-state index in [-0.39, 0.29) is 5.91 Å². The number of amides is 1. The highest BCUT2D eigenvalue weighted by atomic mass is 32.1. The summed E-state index contributed by atoms with van der Waals surface area (Å²) in [4.78, 5) is 23.6. The standard InChI is InChI=1S/C21H15N3O2S2/c1-24(12-19-22-13-6-2-4-8-17(13)27-19)21(25)16-11-10-15(26-16)20-23-14-7-3-5-9-18(14)28-20/h2-11H,12H2,1H3. The van der Waals surface area contributed by atoms with E-state index in [0.717, 1.165) is 30.4 Å². The largest absolute Gasteiger partial charge is 0.448 e. The predicted octanol–water partition coefficient (Wildman–Crippen LogP) is 5.44. The number of fused-ring (bicyclic) bond motifs is 2. The van der Waals surface area contributed by atoms with Crippen molar-refractivity contribution in [2.24, 2.45) is 0 Å². The normalized spacial score (nSPS) is 11.3. The van der Waals surface area contributed by atoms with Crippen LogP contribution in [0.15, 0.2) is 65.1 Å². The number of aromatic nitrogens is 2. The number of thiazole rings is 2. The number of hydrogen-bond donors (Lipinski definition) is 0. The van der Waals surface area contributed by atoms with Crippen molar-refractivity contribution in [2.45, 2.75) is 6.54 Å². The summed E-state index contributed by atoms with van der Waals surface area (Å²) in [6, 6.07) is 19.4. The fraction of sp³-hybridized carbons (Fsp3) is 0.0952. The van der Waals surface area contributed by atoms with Crippen LogP contribution < -0.4 is 0 Å². The molecule has 0 aliphatic carbocycles. The summed E-state index contributed by atoms with van der Waals surface area (Å²) in [5.74, 6) is 0.738. The van der Waals surface area contributed by atoms with Crippen molar-refractivity contribution in [3.63, 3.8) is 0 Å². The lowest BCUT2D eigenvalue weighted by molar-refractivity contribution is 0.0754. The second-order valence-corrected chi connectivity index (χ2v) is 8.53. The van der Waals surface area contributed by atoms with Gasteiger partial charge in [-0.05, 0) is 36.4 Å². The Morgan fingerprint density at radius 2 is 1.61 bits per heavy atom. The smallest absolute Gasteiger partial charge is 0.289 e. The average Bonchev–Trinajstić information content (AvgIpc) is 3.43. The number of benzene rings is 2. The van der Waals surface area contributed by atoms with Gasteiger partial charge in [0.2, 0.25) is 0 Å².